The Kier molecular flexibility index (Phi) is 5.63. The SMILES string of the molecule is CCCCc1cc2ccccc2c(CCCC)c1-c1ccccn1. The second-order valence-electron chi connectivity index (χ2n) is 6.53. The number of aryl methyl sites for hydroxylation is 2. The van der Waals surface area contributed by atoms with Gasteiger partial charge >= 0.3 is 0 Å². The molecule has 2 aromatic carbocycles. The maximum atomic E-state index is 4.69. The van der Waals surface area contributed by atoms with Crippen molar-refractivity contribution >= 4 is 10.8 Å². The van der Waals surface area contributed by atoms with Crippen LogP contribution in [0.5, 0.6) is 0 Å². The van der Waals surface area contributed by atoms with Gasteiger partial charge < -0.3 is 0 Å². The van der Waals surface area contributed by atoms with E-state index in [9.17, 15) is 0 Å². The zero-order valence-corrected chi connectivity index (χ0v) is 14.9. The highest BCUT2D eigenvalue weighted by molar-refractivity contribution is 5.93. The predicted octanol–water partition coefficient (Wildman–Crippen LogP) is 6.59. The standard InChI is InChI=1S/C23H27N/c1-3-5-11-19-17-18-12-7-8-14-20(18)21(13-6-4-2)23(19)22-15-9-10-16-24-22/h7-10,12,14-17H,3-6,11,13H2,1-2H3. The molecular formula is C23H27N. The summed E-state index contributed by atoms with van der Waals surface area (Å²) >= 11 is 0. The molecule has 0 fully saturated rings. The summed E-state index contributed by atoms with van der Waals surface area (Å²) in [6.45, 7) is 4.53. The van der Waals surface area contributed by atoms with E-state index in [-0.39, 0.29) is 0 Å². The zero-order chi connectivity index (χ0) is 16.8. The van der Waals surface area contributed by atoms with Crippen molar-refractivity contribution in [2.75, 3.05) is 0 Å². The molecule has 0 saturated heterocycles. The number of aromatic nitrogens is 1. The van der Waals surface area contributed by atoms with Gasteiger partial charge in [0.2, 0.25) is 0 Å². The third-order valence-corrected chi connectivity index (χ3v) is 4.74. The molecule has 0 amide bonds. The molecule has 0 unspecified atom stereocenters. The van der Waals surface area contributed by atoms with Crippen LogP contribution < -0.4 is 0 Å². The first kappa shape index (κ1) is 16.7. The summed E-state index contributed by atoms with van der Waals surface area (Å²) in [6.07, 6.45) is 9.06. The van der Waals surface area contributed by atoms with Gasteiger partial charge in [-0.3, -0.25) is 4.98 Å². The molecule has 0 aliphatic carbocycles. The lowest BCUT2D eigenvalue weighted by Gasteiger charge is -2.18. The monoisotopic (exact) mass is 317 g/mol. The van der Waals surface area contributed by atoms with Crippen LogP contribution in [0.2, 0.25) is 0 Å². The first-order chi connectivity index (χ1) is 11.8. The highest BCUT2D eigenvalue weighted by atomic mass is 14.7. The molecule has 0 aliphatic heterocycles. The molecule has 0 atom stereocenters. The van der Waals surface area contributed by atoms with E-state index < -0.39 is 0 Å². The molecule has 1 heteroatoms. The number of nitrogens with zero attached hydrogens (tertiary/aromatic N) is 1. The van der Waals surface area contributed by atoms with Crippen LogP contribution in [0, 0.1) is 0 Å². The normalized spacial score (nSPS) is 11.1. The number of hydrogen-bond acceptors (Lipinski definition) is 1. The third kappa shape index (κ3) is 3.51. The van der Waals surface area contributed by atoms with Crippen LogP contribution in [-0.2, 0) is 12.8 Å². The Hall–Kier alpha value is -2.15. The van der Waals surface area contributed by atoms with Crippen molar-refractivity contribution in [2.45, 2.75) is 52.4 Å². The smallest absolute Gasteiger partial charge is 0.0707 e. The molecule has 124 valence electrons. The molecule has 1 heterocycles. The van der Waals surface area contributed by atoms with Gasteiger partial charge in [0.05, 0.1) is 5.69 Å². The third-order valence-electron chi connectivity index (χ3n) is 4.74. The number of rotatable bonds is 7. The molecule has 1 aromatic heterocycles. The molecule has 0 bridgehead atoms. The second-order valence-corrected chi connectivity index (χ2v) is 6.53. The van der Waals surface area contributed by atoms with E-state index in [2.05, 4.69) is 56.3 Å². The fraction of sp³-hybridized carbons (Fsp3) is 0.348. The van der Waals surface area contributed by atoms with Crippen LogP contribution >= 0.6 is 0 Å². The molecular weight excluding hydrogens is 290 g/mol. The van der Waals surface area contributed by atoms with E-state index in [1.54, 1.807) is 0 Å². The van der Waals surface area contributed by atoms with E-state index in [1.165, 1.54) is 53.1 Å². The Balaban J connectivity index is 2.25. The van der Waals surface area contributed by atoms with Crippen LogP contribution in [0.4, 0.5) is 0 Å². The molecule has 0 radical (unpaired) electrons. The van der Waals surface area contributed by atoms with Crippen LogP contribution in [0.1, 0.15) is 50.7 Å². The van der Waals surface area contributed by atoms with E-state index in [0.29, 0.717) is 0 Å². The average Bonchev–Trinajstić information content (AvgIpc) is 2.64. The Bertz CT molecular complexity index is 790. The predicted molar refractivity (Wildman–Crippen MR) is 104 cm³/mol. The quantitative estimate of drug-likeness (QED) is 0.479. The van der Waals surface area contributed by atoms with Gasteiger partial charge in [-0.25, -0.2) is 0 Å². The van der Waals surface area contributed by atoms with Gasteiger partial charge in [-0.1, -0.05) is 63.1 Å². The van der Waals surface area contributed by atoms with Crippen molar-refractivity contribution in [1.29, 1.82) is 0 Å². The maximum absolute atomic E-state index is 4.69. The van der Waals surface area contributed by atoms with E-state index in [0.717, 1.165) is 18.5 Å². The van der Waals surface area contributed by atoms with Crippen molar-refractivity contribution in [3.05, 3.63) is 65.9 Å². The first-order valence-electron chi connectivity index (χ1n) is 9.30. The number of hydrogen-bond donors (Lipinski definition) is 0. The molecule has 0 saturated carbocycles. The van der Waals surface area contributed by atoms with Crippen molar-refractivity contribution in [2.24, 2.45) is 0 Å². The minimum absolute atomic E-state index is 1.13. The van der Waals surface area contributed by atoms with Gasteiger partial charge in [-0.15, -0.1) is 0 Å². The van der Waals surface area contributed by atoms with Gasteiger partial charge in [0.1, 0.15) is 0 Å². The molecule has 0 aliphatic rings. The summed E-state index contributed by atoms with van der Waals surface area (Å²) in [6, 6.07) is 17.5. The Morgan fingerprint density at radius 1 is 0.833 bits per heavy atom. The number of unbranched alkanes of at least 4 members (excludes halogenated alkanes) is 2. The fourth-order valence-corrected chi connectivity index (χ4v) is 3.49. The van der Waals surface area contributed by atoms with Gasteiger partial charge in [-0.05, 0) is 59.7 Å². The Labute approximate surface area is 145 Å². The summed E-state index contributed by atoms with van der Waals surface area (Å²) in [4.78, 5) is 4.69. The topological polar surface area (TPSA) is 12.9 Å². The zero-order valence-electron chi connectivity index (χ0n) is 14.9. The lowest BCUT2D eigenvalue weighted by atomic mass is 9.87. The van der Waals surface area contributed by atoms with Crippen molar-refractivity contribution in [3.8, 4) is 11.3 Å². The lowest BCUT2D eigenvalue weighted by molar-refractivity contribution is 0.785. The largest absolute Gasteiger partial charge is 0.256 e. The minimum Gasteiger partial charge on any atom is -0.256 e. The van der Waals surface area contributed by atoms with Crippen LogP contribution in [0.15, 0.2) is 54.7 Å². The average molecular weight is 317 g/mol. The summed E-state index contributed by atoms with van der Waals surface area (Å²) in [5, 5.41) is 2.77. The fourth-order valence-electron chi connectivity index (χ4n) is 3.49. The van der Waals surface area contributed by atoms with Gasteiger partial charge in [-0.2, -0.15) is 0 Å². The molecule has 3 aromatic rings. The van der Waals surface area contributed by atoms with E-state index in [1.807, 2.05) is 12.3 Å². The van der Waals surface area contributed by atoms with Gasteiger partial charge in [0.25, 0.3) is 0 Å². The summed E-state index contributed by atoms with van der Waals surface area (Å²) < 4.78 is 0. The highest BCUT2D eigenvalue weighted by Gasteiger charge is 2.15. The molecule has 1 nitrogen and oxygen atoms in total. The van der Waals surface area contributed by atoms with E-state index >= 15 is 0 Å². The second kappa shape index (κ2) is 8.10. The van der Waals surface area contributed by atoms with Crippen LogP contribution in [0.3, 0.4) is 0 Å². The number of pyridine rings is 1. The Morgan fingerprint density at radius 2 is 1.58 bits per heavy atom. The molecule has 0 spiro atoms. The van der Waals surface area contributed by atoms with E-state index in [4.69, 9.17) is 4.98 Å². The summed E-state index contributed by atoms with van der Waals surface area (Å²) in [5.74, 6) is 0. The highest BCUT2D eigenvalue weighted by Crippen LogP contribution is 2.35. The lowest BCUT2D eigenvalue weighted by Crippen LogP contribution is -2.00. The molecule has 0 N–H and O–H groups in total. The Morgan fingerprint density at radius 3 is 2.33 bits per heavy atom. The van der Waals surface area contributed by atoms with Gasteiger partial charge in [0, 0.05) is 11.8 Å². The number of benzene rings is 2. The maximum Gasteiger partial charge on any atom is 0.0707 e. The van der Waals surface area contributed by atoms with Crippen LogP contribution in [0.25, 0.3) is 22.0 Å². The minimum atomic E-state index is 1.13. The molecule has 3 rings (SSSR count). The summed E-state index contributed by atoms with van der Waals surface area (Å²) in [7, 11) is 0. The van der Waals surface area contributed by atoms with Gasteiger partial charge in [0.15, 0.2) is 0 Å². The van der Waals surface area contributed by atoms with Crippen molar-refractivity contribution < 1.29 is 0 Å². The number of fused-ring (bicyclic) bond motifs is 1. The molecule has 24 heavy (non-hydrogen) atoms. The summed E-state index contributed by atoms with van der Waals surface area (Å²) in [5.41, 5.74) is 5.46. The first-order valence-corrected chi connectivity index (χ1v) is 9.30. The van der Waals surface area contributed by atoms with Crippen molar-refractivity contribution in [1.82, 2.24) is 4.98 Å². The van der Waals surface area contributed by atoms with Crippen molar-refractivity contribution in [3.63, 3.8) is 0 Å². The van der Waals surface area contributed by atoms with Crippen LogP contribution in [-0.4, -0.2) is 4.98 Å².